The zero-order chi connectivity index (χ0) is 12.1. The molecule has 0 aromatic heterocycles. The molecule has 2 rings (SSSR count). The Balaban J connectivity index is 2.22. The molecular formula is C13H9Br2NTe. The van der Waals surface area contributed by atoms with E-state index >= 15 is 0 Å². The summed E-state index contributed by atoms with van der Waals surface area (Å²) in [4.78, 5) is 4.48. The molecule has 0 saturated heterocycles. The number of hydrogen-bond acceptors (Lipinski definition) is 1. The Morgan fingerprint density at radius 3 is 2.41 bits per heavy atom. The van der Waals surface area contributed by atoms with Gasteiger partial charge in [-0.05, 0) is 0 Å². The van der Waals surface area contributed by atoms with Crippen molar-refractivity contribution in [1.29, 1.82) is 0 Å². The van der Waals surface area contributed by atoms with Gasteiger partial charge in [0.05, 0.1) is 0 Å². The van der Waals surface area contributed by atoms with E-state index in [1.54, 1.807) is 0 Å². The fraction of sp³-hybridized carbons (Fsp3) is 0. The summed E-state index contributed by atoms with van der Waals surface area (Å²) in [6.45, 7) is 0. The molecule has 0 aliphatic carbocycles. The van der Waals surface area contributed by atoms with Crippen LogP contribution in [0.25, 0.3) is 0 Å². The van der Waals surface area contributed by atoms with E-state index in [4.69, 9.17) is 0 Å². The summed E-state index contributed by atoms with van der Waals surface area (Å²) < 4.78 is 2.45. The molecule has 0 atom stereocenters. The van der Waals surface area contributed by atoms with Crippen LogP contribution in [0.2, 0.25) is 0 Å². The van der Waals surface area contributed by atoms with Gasteiger partial charge in [0.15, 0.2) is 0 Å². The Hall–Kier alpha value is -0.140. The molecule has 0 spiro atoms. The standard InChI is InChI=1S/C13H9Br2NTe/c14-11-5-7-12(8-6-11)16-9-10-3-1-2-4-13(10)17-15/h1-9H. The van der Waals surface area contributed by atoms with Gasteiger partial charge in [-0.3, -0.25) is 0 Å². The second-order valence-corrected chi connectivity index (χ2v) is 8.13. The van der Waals surface area contributed by atoms with Crippen LogP contribution >= 0.6 is 28.7 Å². The zero-order valence-corrected chi connectivity index (χ0v) is 14.3. The van der Waals surface area contributed by atoms with Crippen molar-refractivity contribution in [1.82, 2.24) is 0 Å². The second-order valence-electron chi connectivity index (χ2n) is 3.35. The first-order valence-electron chi connectivity index (χ1n) is 4.97. The first-order valence-corrected chi connectivity index (χ1v) is 12.1. The van der Waals surface area contributed by atoms with Gasteiger partial charge in [-0.2, -0.15) is 0 Å². The average molecular weight is 467 g/mol. The van der Waals surface area contributed by atoms with Crippen molar-refractivity contribution in [3.8, 4) is 0 Å². The molecule has 0 aliphatic rings. The fourth-order valence-electron chi connectivity index (χ4n) is 1.33. The van der Waals surface area contributed by atoms with E-state index in [0.717, 1.165) is 10.2 Å². The molecular weight excluding hydrogens is 458 g/mol. The summed E-state index contributed by atoms with van der Waals surface area (Å²) in [5.74, 6) is 0. The van der Waals surface area contributed by atoms with E-state index in [1.807, 2.05) is 36.5 Å². The normalized spacial score (nSPS) is 10.9. The van der Waals surface area contributed by atoms with E-state index < -0.39 is 0 Å². The van der Waals surface area contributed by atoms with Crippen LogP contribution in [0.15, 0.2) is 58.0 Å². The molecule has 86 valence electrons. The van der Waals surface area contributed by atoms with Crippen molar-refractivity contribution in [2.45, 2.75) is 0 Å². The molecule has 2 aromatic carbocycles. The van der Waals surface area contributed by atoms with Crippen LogP contribution in [-0.4, -0.2) is 24.9 Å². The van der Waals surface area contributed by atoms with Gasteiger partial charge in [-0.15, -0.1) is 0 Å². The minimum absolute atomic E-state index is 0.255. The predicted octanol–water partition coefficient (Wildman–Crippen LogP) is 3.84. The van der Waals surface area contributed by atoms with Crippen molar-refractivity contribution in [2.75, 3.05) is 0 Å². The summed E-state index contributed by atoms with van der Waals surface area (Å²) in [7, 11) is 0. The van der Waals surface area contributed by atoms with Gasteiger partial charge in [-0.1, -0.05) is 0 Å². The molecule has 0 aliphatic heterocycles. The molecule has 4 heteroatoms. The van der Waals surface area contributed by atoms with Crippen molar-refractivity contribution in [3.63, 3.8) is 0 Å². The average Bonchev–Trinajstić information content (AvgIpc) is 2.38. The summed E-state index contributed by atoms with van der Waals surface area (Å²) in [5, 5.41) is 0. The molecule has 0 saturated carbocycles. The van der Waals surface area contributed by atoms with Gasteiger partial charge in [-0.25, -0.2) is 0 Å². The SMILES string of the molecule is Br[Te]c1ccccc1C=Nc1ccc(Br)cc1. The number of rotatable bonds is 3. The van der Waals surface area contributed by atoms with Crippen LogP contribution in [0, 0.1) is 0 Å². The topological polar surface area (TPSA) is 12.4 Å². The van der Waals surface area contributed by atoms with Crippen molar-refractivity contribution < 1.29 is 0 Å². The molecule has 0 radical (unpaired) electrons. The van der Waals surface area contributed by atoms with Crippen molar-refractivity contribution in [2.24, 2.45) is 4.99 Å². The van der Waals surface area contributed by atoms with Crippen LogP contribution in [-0.2, 0) is 0 Å². The molecule has 0 fully saturated rings. The number of benzene rings is 2. The summed E-state index contributed by atoms with van der Waals surface area (Å²) in [5.41, 5.74) is 2.17. The third-order valence-corrected chi connectivity index (χ3v) is 6.59. The van der Waals surface area contributed by atoms with Crippen LogP contribution in [0.1, 0.15) is 5.56 Å². The molecule has 2 aromatic rings. The summed E-state index contributed by atoms with van der Waals surface area (Å²) in [6.07, 6.45) is 1.94. The van der Waals surface area contributed by atoms with E-state index in [1.165, 1.54) is 9.17 Å². The van der Waals surface area contributed by atoms with Gasteiger partial charge >= 0.3 is 126 Å². The number of aliphatic imine (C=N–C) groups is 1. The predicted molar refractivity (Wildman–Crippen MR) is 82.2 cm³/mol. The summed E-state index contributed by atoms with van der Waals surface area (Å²) >= 11 is 6.76. The minimum atomic E-state index is -0.255. The first kappa shape index (κ1) is 13.3. The van der Waals surface area contributed by atoms with Crippen molar-refractivity contribution in [3.05, 3.63) is 58.6 Å². The summed E-state index contributed by atoms with van der Waals surface area (Å²) in [6, 6.07) is 16.3. The Kier molecular flexibility index (Phi) is 5.24. The maximum absolute atomic E-state index is 4.48. The molecule has 0 N–H and O–H groups in total. The van der Waals surface area contributed by atoms with Gasteiger partial charge in [0.2, 0.25) is 0 Å². The van der Waals surface area contributed by atoms with Gasteiger partial charge < -0.3 is 0 Å². The molecule has 0 amide bonds. The maximum atomic E-state index is 4.48. The van der Waals surface area contributed by atoms with Crippen LogP contribution in [0.4, 0.5) is 5.69 Å². The Morgan fingerprint density at radius 2 is 1.71 bits per heavy atom. The Bertz CT molecular complexity index is 523. The van der Waals surface area contributed by atoms with Crippen LogP contribution in [0.3, 0.4) is 0 Å². The molecule has 17 heavy (non-hydrogen) atoms. The number of hydrogen-bond donors (Lipinski definition) is 0. The Morgan fingerprint density at radius 1 is 1.00 bits per heavy atom. The molecule has 0 heterocycles. The fourth-order valence-corrected chi connectivity index (χ4v) is 4.54. The molecule has 0 unspecified atom stereocenters. The van der Waals surface area contributed by atoms with Crippen LogP contribution < -0.4 is 3.61 Å². The van der Waals surface area contributed by atoms with E-state index in [2.05, 4.69) is 51.9 Å². The van der Waals surface area contributed by atoms with Crippen LogP contribution in [0.5, 0.6) is 0 Å². The quantitative estimate of drug-likeness (QED) is 0.482. The first-order chi connectivity index (χ1) is 8.29. The number of nitrogens with zero attached hydrogens (tertiary/aromatic N) is 1. The van der Waals surface area contributed by atoms with Crippen molar-refractivity contribution >= 4 is 62.9 Å². The third kappa shape index (κ3) is 3.93. The monoisotopic (exact) mass is 467 g/mol. The Labute approximate surface area is 125 Å². The van der Waals surface area contributed by atoms with Gasteiger partial charge in [0.25, 0.3) is 0 Å². The van der Waals surface area contributed by atoms with Gasteiger partial charge in [0, 0.05) is 0 Å². The van der Waals surface area contributed by atoms with Gasteiger partial charge in [0.1, 0.15) is 0 Å². The van der Waals surface area contributed by atoms with E-state index in [-0.39, 0.29) is 18.7 Å². The van der Waals surface area contributed by atoms with E-state index in [9.17, 15) is 0 Å². The molecule has 0 bridgehead atoms. The third-order valence-electron chi connectivity index (χ3n) is 2.18. The zero-order valence-electron chi connectivity index (χ0n) is 8.81. The number of halogens is 2. The van der Waals surface area contributed by atoms with E-state index in [0.29, 0.717) is 0 Å². The second kappa shape index (κ2) is 6.70. The molecule has 1 nitrogen and oxygen atoms in total.